The summed E-state index contributed by atoms with van der Waals surface area (Å²) in [5.41, 5.74) is 0.599. The molecular weight excluding hydrogens is 524 g/mol. The van der Waals surface area contributed by atoms with Crippen LogP contribution in [0.15, 0.2) is 78.9 Å². The molecule has 0 aromatic heterocycles. The van der Waals surface area contributed by atoms with Crippen LogP contribution in [-0.2, 0) is 32.6 Å². The van der Waals surface area contributed by atoms with Gasteiger partial charge in [-0.05, 0) is 37.1 Å². The summed E-state index contributed by atoms with van der Waals surface area (Å²) in [6.07, 6.45) is 1.60. The third-order valence-electron chi connectivity index (χ3n) is 6.37. The van der Waals surface area contributed by atoms with Crippen LogP contribution < -0.4 is 9.62 Å². The standard InChI is InChI=1S/C29H33F2N3O4S/c1-4-21(2)32-29(36)27(18-22-12-6-5-7-13-22)33(19-23-14-8-9-15-24(23)30)28(35)20-34(39(3,37)38)26-17-11-10-16-25(26)31/h5-17,21,27H,4,18-20H2,1-3H3,(H,32,36)/t21-,27+/m1/s1. The number of rotatable bonds is 12. The lowest BCUT2D eigenvalue weighted by Crippen LogP contribution is -2.54. The van der Waals surface area contributed by atoms with Gasteiger partial charge in [-0.1, -0.05) is 67.6 Å². The second-order valence-electron chi connectivity index (χ2n) is 9.36. The van der Waals surface area contributed by atoms with Crippen molar-refractivity contribution in [2.24, 2.45) is 0 Å². The maximum absolute atomic E-state index is 14.7. The van der Waals surface area contributed by atoms with E-state index in [1.165, 1.54) is 41.3 Å². The van der Waals surface area contributed by atoms with E-state index in [0.717, 1.165) is 17.9 Å². The Bertz CT molecular complexity index is 1390. The molecule has 1 N–H and O–H groups in total. The number of hydrogen-bond donors (Lipinski definition) is 1. The van der Waals surface area contributed by atoms with E-state index in [-0.39, 0.29) is 30.3 Å². The zero-order valence-electron chi connectivity index (χ0n) is 22.2. The number of anilines is 1. The van der Waals surface area contributed by atoms with E-state index in [0.29, 0.717) is 10.7 Å². The maximum atomic E-state index is 14.7. The molecule has 208 valence electrons. The summed E-state index contributed by atoms with van der Waals surface area (Å²) in [6.45, 7) is 2.64. The Hall–Kier alpha value is -3.79. The zero-order valence-corrected chi connectivity index (χ0v) is 23.0. The first kappa shape index (κ1) is 29.8. The van der Waals surface area contributed by atoms with Crippen molar-refractivity contribution in [3.05, 3.63) is 102 Å². The highest BCUT2D eigenvalue weighted by Crippen LogP contribution is 2.23. The van der Waals surface area contributed by atoms with Gasteiger partial charge in [0.1, 0.15) is 24.2 Å². The largest absolute Gasteiger partial charge is 0.352 e. The van der Waals surface area contributed by atoms with Gasteiger partial charge < -0.3 is 10.2 Å². The van der Waals surface area contributed by atoms with Gasteiger partial charge in [0, 0.05) is 24.6 Å². The lowest BCUT2D eigenvalue weighted by atomic mass is 10.0. The summed E-state index contributed by atoms with van der Waals surface area (Å²) in [7, 11) is -4.11. The molecule has 0 aliphatic heterocycles. The van der Waals surface area contributed by atoms with Crippen LogP contribution in [0.4, 0.5) is 14.5 Å². The molecule has 7 nitrogen and oxygen atoms in total. The molecular formula is C29H33F2N3O4S. The smallest absolute Gasteiger partial charge is 0.244 e. The molecule has 0 aliphatic carbocycles. The van der Waals surface area contributed by atoms with Crippen LogP contribution in [0.25, 0.3) is 0 Å². The number of halogens is 2. The van der Waals surface area contributed by atoms with Crippen LogP contribution in [0.1, 0.15) is 31.4 Å². The Balaban J connectivity index is 2.08. The second-order valence-corrected chi connectivity index (χ2v) is 11.3. The van der Waals surface area contributed by atoms with Gasteiger partial charge in [-0.15, -0.1) is 0 Å². The van der Waals surface area contributed by atoms with E-state index in [9.17, 15) is 26.8 Å². The van der Waals surface area contributed by atoms with E-state index in [4.69, 9.17) is 0 Å². The van der Waals surface area contributed by atoms with Gasteiger partial charge in [0.05, 0.1) is 11.9 Å². The highest BCUT2D eigenvalue weighted by molar-refractivity contribution is 7.92. The summed E-state index contributed by atoms with van der Waals surface area (Å²) >= 11 is 0. The number of carbonyl (C=O) groups excluding carboxylic acids is 2. The maximum Gasteiger partial charge on any atom is 0.244 e. The first-order valence-corrected chi connectivity index (χ1v) is 14.5. The third kappa shape index (κ3) is 8.10. The fourth-order valence-corrected chi connectivity index (χ4v) is 4.90. The number of hydrogen-bond acceptors (Lipinski definition) is 4. The highest BCUT2D eigenvalue weighted by Gasteiger charge is 2.34. The van der Waals surface area contributed by atoms with Gasteiger partial charge in [-0.3, -0.25) is 13.9 Å². The molecule has 0 radical (unpaired) electrons. The lowest BCUT2D eigenvalue weighted by Gasteiger charge is -2.34. The van der Waals surface area contributed by atoms with Crippen LogP contribution in [0.5, 0.6) is 0 Å². The van der Waals surface area contributed by atoms with Crippen molar-refractivity contribution in [3.63, 3.8) is 0 Å². The van der Waals surface area contributed by atoms with Gasteiger partial charge in [0.2, 0.25) is 21.8 Å². The van der Waals surface area contributed by atoms with E-state index < -0.39 is 46.1 Å². The molecule has 3 aromatic carbocycles. The third-order valence-corrected chi connectivity index (χ3v) is 7.50. The SMILES string of the molecule is CC[C@@H](C)NC(=O)[C@H](Cc1ccccc1)N(Cc1ccccc1F)C(=O)CN(c1ccccc1F)S(C)(=O)=O. The number of para-hydroxylation sites is 1. The molecule has 0 heterocycles. The van der Waals surface area contributed by atoms with Crippen molar-refractivity contribution in [1.82, 2.24) is 10.2 Å². The Kier molecular flexibility index (Phi) is 10.2. The van der Waals surface area contributed by atoms with Crippen LogP contribution >= 0.6 is 0 Å². The average Bonchev–Trinajstić information content (AvgIpc) is 2.90. The average molecular weight is 558 g/mol. The second kappa shape index (κ2) is 13.3. The van der Waals surface area contributed by atoms with Crippen molar-refractivity contribution >= 4 is 27.5 Å². The molecule has 39 heavy (non-hydrogen) atoms. The van der Waals surface area contributed by atoms with E-state index >= 15 is 0 Å². The molecule has 3 aromatic rings. The Morgan fingerprint density at radius 3 is 2.08 bits per heavy atom. The quantitative estimate of drug-likeness (QED) is 0.360. The molecule has 0 spiro atoms. The molecule has 0 fully saturated rings. The van der Waals surface area contributed by atoms with Crippen molar-refractivity contribution in [1.29, 1.82) is 0 Å². The Labute approximate surface area is 228 Å². The Morgan fingerprint density at radius 2 is 1.49 bits per heavy atom. The van der Waals surface area contributed by atoms with Crippen molar-refractivity contribution in [2.45, 2.75) is 45.3 Å². The molecule has 10 heteroatoms. The van der Waals surface area contributed by atoms with Gasteiger partial charge in [-0.2, -0.15) is 0 Å². The molecule has 3 rings (SSSR count). The lowest BCUT2D eigenvalue weighted by molar-refractivity contribution is -0.140. The normalized spacial score (nSPS) is 12.8. The van der Waals surface area contributed by atoms with Gasteiger partial charge in [0.15, 0.2) is 0 Å². The number of nitrogens with one attached hydrogen (secondary N) is 1. The minimum atomic E-state index is -4.11. The summed E-state index contributed by atoms with van der Waals surface area (Å²) in [6, 6.07) is 18.8. The monoisotopic (exact) mass is 557 g/mol. The fraction of sp³-hybridized carbons (Fsp3) is 0.310. The predicted molar refractivity (Wildman–Crippen MR) is 147 cm³/mol. The summed E-state index contributed by atoms with van der Waals surface area (Å²) < 4.78 is 55.4. The summed E-state index contributed by atoms with van der Waals surface area (Å²) in [5.74, 6) is -2.65. The molecule has 2 atom stereocenters. The number of carbonyl (C=O) groups is 2. The van der Waals surface area contributed by atoms with Crippen LogP contribution in [0.3, 0.4) is 0 Å². The minimum Gasteiger partial charge on any atom is -0.352 e. The first-order chi connectivity index (χ1) is 18.5. The van der Waals surface area contributed by atoms with Crippen molar-refractivity contribution in [2.75, 3.05) is 17.1 Å². The molecule has 2 amide bonds. The van der Waals surface area contributed by atoms with Gasteiger partial charge in [-0.25, -0.2) is 17.2 Å². The predicted octanol–water partition coefficient (Wildman–Crippen LogP) is 4.29. The topological polar surface area (TPSA) is 86.8 Å². The fourth-order valence-electron chi connectivity index (χ4n) is 4.05. The van der Waals surface area contributed by atoms with Crippen LogP contribution in [-0.4, -0.2) is 50.0 Å². The molecule has 0 unspecified atom stereocenters. The van der Waals surface area contributed by atoms with Crippen LogP contribution in [0.2, 0.25) is 0 Å². The molecule has 0 saturated carbocycles. The van der Waals surface area contributed by atoms with Gasteiger partial charge in [0.25, 0.3) is 0 Å². The Morgan fingerprint density at radius 1 is 0.897 bits per heavy atom. The van der Waals surface area contributed by atoms with Crippen molar-refractivity contribution in [3.8, 4) is 0 Å². The minimum absolute atomic E-state index is 0.0991. The van der Waals surface area contributed by atoms with E-state index in [1.807, 2.05) is 19.9 Å². The van der Waals surface area contributed by atoms with E-state index in [1.54, 1.807) is 30.3 Å². The number of benzene rings is 3. The summed E-state index contributed by atoms with van der Waals surface area (Å²) in [5, 5.41) is 2.89. The van der Waals surface area contributed by atoms with Crippen molar-refractivity contribution < 1.29 is 26.8 Å². The number of amides is 2. The molecule has 0 saturated heterocycles. The number of nitrogens with zero attached hydrogens (tertiary/aromatic N) is 2. The molecule has 0 bridgehead atoms. The van der Waals surface area contributed by atoms with E-state index in [2.05, 4.69) is 5.32 Å². The molecule has 0 aliphatic rings. The van der Waals surface area contributed by atoms with Crippen LogP contribution in [0, 0.1) is 11.6 Å². The van der Waals surface area contributed by atoms with Gasteiger partial charge >= 0.3 is 0 Å². The zero-order chi connectivity index (χ0) is 28.6. The highest BCUT2D eigenvalue weighted by atomic mass is 32.2. The number of sulfonamides is 1. The summed E-state index contributed by atoms with van der Waals surface area (Å²) in [4.78, 5) is 28.6. The first-order valence-electron chi connectivity index (χ1n) is 12.6.